The molecule has 3 aliphatic rings. The number of hydrogen-bond donors (Lipinski definition) is 0. The Morgan fingerprint density at radius 3 is 2.54 bits per heavy atom. The largest absolute Gasteiger partial charge is 0.373 e. The molecule has 4 rings (SSSR count). The van der Waals surface area contributed by atoms with E-state index in [2.05, 4.69) is 4.90 Å². The lowest BCUT2D eigenvalue weighted by atomic mass is 9.88. The minimum Gasteiger partial charge on any atom is -0.373 e. The maximum absolute atomic E-state index is 12.8. The number of sulfonamides is 1. The third kappa shape index (κ3) is 2.94. The van der Waals surface area contributed by atoms with Gasteiger partial charge >= 0.3 is 0 Å². The maximum Gasteiger partial charge on any atom is 0.252 e. The van der Waals surface area contributed by atoms with Crippen molar-refractivity contribution < 1.29 is 13.2 Å². The van der Waals surface area contributed by atoms with Crippen molar-refractivity contribution in [1.82, 2.24) is 9.21 Å². The van der Waals surface area contributed by atoms with Crippen LogP contribution in [0.3, 0.4) is 0 Å². The molecule has 1 aromatic heterocycles. The van der Waals surface area contributed by atoms with Crippen LogP contribution in [0, 0.1) is 6.92 Å². The Labute approximate surface area is 148 Å². The van der Waals surface area contributed by atoms with E-state index in [-0.39, 0.29) is 5.60 Å². The molecular weight excluding hydrogens is 344 g/mol. The van der Waals surface area contributed by atoms with Gasteiger partial charge in [0.15, 0.2) is 0 Å². The molecule has 24 heavy (non-hydrogen) atoms. The standard InChI is InChI=1S/C17H26N2O3S2/c1-14-4-11-23-16(14)24(20,21)19-9-5-17(6-10-19)12-15(13-22-17)18-7-2-3-8-18/h4,11,15H,2-3,5-10,12-13H2,1H3. The third-order valence-electron chi connectivity index (χ3n) is 5.87. The molecule has 1 spiro atoms. The minimum absolute atomic E-state index is 0.0935. The second kappa shape index (κ2) is 6.36. The molecule has 0 aromatic carbocycles. The average molecular weight is 371 g/mol. The van der Waals surface area contributed by atoms with Crippen molar-refractivity contribution in [3.8, 4) is 0 Å². The van der Waals surface area contributed by atoms with Gasteiger partial charge in [-0.15, -0.1) is 11.3 Å². The van der Waals surface area contributed by atoms with E-state index in [1.807, 2.05) is 18.4 Å². The van der Waals surface area contributed by atoms with E-state index in [9.17, 15) is 8.42 Å². The number of thiophene rings is 1. The van der Waals surface area contributed by atoms with E-state index < -0.39 is 10.0 Å². The van der Waals surface area contributed by atoms with Crippen LogP contribution in [0.25, 0.3) is 0 Å². The third-order valence-corrected chi connectivity index (χ3v) is 9.43. The number of nitrogens with zero attached hydrogens (tertiary/aromatic N) is 2. The smallest absolute Gasteiger partial charge is 0.252 e. The lowest BCUT2D eigenvalue weighted by molar-refractivity contribution is -0.0316. The number of likely N-dealkylation sites (tertiary alicyclic amines) is 1. The summed E-state index contributed by atoms with van der Waals surface area (Å²) in [6.45, 7) is 6.23. The Morgan fingerprint density at radius 2 is 1.92 bits per heavy atom. The number of ether oxygens (including phenoxy) is 1. The van der Waals surface area contributed by atoms with Crippen LogP contribution in [-0.2, 0) is 14.8 Å². The first-order chi connectivity index (χ1) is 11.5. The van der Waals surface area contributed by atoms with Crippen molar-refractivity contribution in [3.05, 3.63) is 17.0 Å². The molecule has 0 radical (unpaired) electrons. The molecule has 134 valence electrons. The van der Waals surface area contributed by atoms with E-state index >= 15 is 0 Å². The first-order valence-electron chi connectivity index (χ1n) is 8.92. The van der Waals surface area contributed by atoms with Crippen molar-refractivity contribution in [2.45, 2.75) is 54.9 Å². The van der Waals surface area contributed by atoms with Crippen LogP contribution in [-0.4, -0.2) is 62.1 Å². The van der Waals surface area contributed by atoms with Crippen molar-refractivity contribution in [2.75, 3.05) is 32.8 Å². The summed E-state index contributed by atoms with van der Waals surface area (Å²) in [6, 6.07) is 2.42. The SMILES string of the molecule is Cc1ccsc1S(=O)(=O)N1CCC2(CC1)CC(N1CCCC1)CO2. The van der Waals surface area contributed by atoms with Gasteiger partial charge in [0.1, 0.15) is 4.21 Å². The molecule has 1 unspecified atom stereocenters. The molecule has 0 aliphatic carbocycles. The summed E-state index contributed by atoms with van der Waals surface area (Å²) in [7, 11) is -3.34. The fourth-order valence-corrected chi connectivity index (χ4v) is 7.38. The monoisotopic (exact) mass is 370 g/mol. The Hall–Kier alpha value is -0.470. The zero-order chi connectivity index (χ0) is 16.8. The van der Waals surface area contributed by atoms with Crippen LogP contribution < -0.4 is 0 Å². The van der Waals surface area contributed by atoms with Gasteiger partial charge in [-0.3, -0.25) is 4.90 Å². The highest BCUT2D eigenvalue weighted by Gasteiger charge is 2.46. The summed E-state index contributed by atoms with van der Waals surface area (Å²) >= 11 is 1.32. The summed E-state index contributed by atoms with van der Waals surface area (Å²) in [5.74, 6) is 0. The quantitative estimate of drug-likeness (QED) is 0.820. The normalized spacial score (nSPS) is 28.8. The van der Waals surface area contributed by atoms with Gasteiger partial charge in [-0.05, 0) is 69.1 Å². The fraction of sp³-hybridized carbons (Fsp3) is 0.765. The molecule has 4 heterocycles. The molecule has 0 bridgehead atoms. The first kappa shape index (κ1) is 17.0. The maximum atomic E-state index is 12.8. The molecule has 3 saturated heterocycles. The van der Waals surface area contributed by atoms with Crippen molar-refractivity contribution >= 4 is 21.4 Å². The second-order valence-electron chi connectivity index (χ2n) is 7.39. The Balaban J connectivity index is 1.41. The molecule has 5 nitrogen and oxygen atoms in total. The summed E-state index contributed by atoms with van der Waals surface area (Å²) < 4.78 is 34.0. The predicted octanol–water partition coefficient (Wildman–Crippen LogP) is 2.46. The average Bonchev–Trinajstić information content (AvgIpc) is 3.28. The molecular formula is C17H26N2O3S2. The van der Waals surface area contributed by atoms with Crippen LogP contribution in [0.4, 0.5) is 0 Å². The van der Waals surface area contributed by atoms with Crippen LogP contribution in [0.2, 0.25) is 0 Å². The molecule has 0 amide bonds. The first-order valence-corrected chi connectivity index (χ1v) is 11.2. The predicted molar refractivity (Wildman–Crippen MR) is 94.9 cm³/mol. The van der Waals surface area contributed by atoms with Gasteiger partial charge in [-0.2, -0.15) is 4.31 Å². The van der Waals surface area contributed by atoms with Crippen molar-refractivity contribution in [3.63, 3.8) is 0 Å². The van der Waals surface area contributed by atoms with E-state index in [0.29, 0.717) is 23.3 Å². The lowest BCUT2D eigenvalue weighted by Crippen LogP contribution is -2.46. The molecule has 0 N–H and O–H groups in total. The van der Waals surface area contributed by atoms with Gasteiger partial charge in [0, 0.05) is 19.1 Å². The minimum atomic E-state index is -3.34. The Kier molecular flexibility index (Phi) is 4.50. The molecule has 0 saturated carbocycles. The van der Waals surface area contributed by atoms with Gasteiger partial charge in [0.2, 0.25) is 0 Å². The number of aryl methyl sites for hydroxylation is 1. The van der Waals surface area contributed by atoms with E-state index in [1.54, 1.807) is 4.31 Å². The highest BCUT2D eigenvalue weighted by molar-refractivity contribution is 7.91. The van der Waals surface area contributed by atoms with Crippen LogP contribution >= 0.6 is 11.3 Å². The summed E-state index contributed by atoms with van der Waals surface area (Å²) in [4.78, 5) is 2.56. The van der Waals surface area contributed by atoms with E-state index in [1.165, 1.54) is 37.3 Å². The van der Waals surface area contributed by atoms with E-state index in [0.717, 1.165) is 31.4 Å². The van der Waals surface area contributed by atoms with Crippen LogP contribution in [0.5, 0.6) is 0 Å². The van der Waals surface area contributed by atoms with Gasteiger partial charge in [-0.25, -0.2) is 8.42 Å². The van der Waals surface area contributed by atoms with Crippen LogP contribution in [0.1, 0.15) is 37.7 Å². The van der Waals surface area contributed by atoms with Gasteiger partial charge in [0.25, 0.3) is 10.0 Å². The summed E-state index contributed by atoms with van der Waals surface area (Å²) in [5, 5.41) is 1.86. The second-order valence-corrected chi connectivity index (χ2v) is 10.4. The van der Waals surface area contributed by atoms with E-state index in [4.69, 9.17) is 4.74 Å². The van der Waals surface area contributed by atoms with Gasteiger partial charge < -0.3 is 4.74 Å². The highest BCUT2D eigenvalue weighted by atomic mass is 32.2. The molecule has 3 aliphatic heterocycles. The number of hydrogen-bond acceptors (Lipinski definition) is 5. The van der Waals surface area contributed by atoms with Crippen molar-refractivity contribution in [1.29, 1.82) is 0 Å². The topological polar surface area (TPSA) is 49.9 Å². The Bertz CT molecular complexity index is 686. The summed E-state index contributed by atoms with van der Waals surface area (Å²) in [5.41, 5.74) is 0.760. The van der Waals surface area contributed by atoms with Crippen molar-refractivity contribution in [2.24, 2.45) is 0 Å². The molecule has 3 fully saturated rings. The zero-order valence-electron chi connectivity index (χ0n) is 14.2. The number of piperidine rings is 1. The van der Waals surface area contributed by atoms with Gasteiger partial charge in [-0.1, -0.05) is 0 Å². The van der Waals surface area contributed by atoms with Crippen LogP contribution in [0.15, 0.2) is 15.7 Å². The van der Waals surface area contributed by atoms with Gasteiger partial charge in [0.05, 0.1) is 12.2 Å². The molecule has 1 atom stereocenters. The molecule has 7 heteroatoms. The highest BCUT2D eigenvalue weighted by Crippen LogP contribution is 2.40. The lowest BCUT2D eigenvalue weighted by Gasteiger charge is -2.38. The zero-order valence-corrected chi connectivity index (χ0v) is 15.9. The Morgan fingerprint density at radius 1 is 1.21 bits per heavy atom. The fourth-order valence-electron chi connectivity index (χ4n) is 4.38. The summed E-state index contributed by atoms with van der Waals surface area (Å²) in [6.07, 6.45) is 5.31. The number of rotatable bonds is 3. The molecule has 1 aromatic rings.